The zero-order chi connectivity index (χ0) is 25.4. The van der Waals surface area contributed by atoms with Gasteiger partial charge in [0.1, 0.15) is 11.4 Å². The highest BCUT2D eigenvalue weighted by atomic mass is 35.5. The Hall–Kier alpha value is -2.91. The Kier molecular flexibility index (Phi) is 7.03. The summed E-state index contributed by atoms with van der Waals surface area (Å²) in [5.41, 5.74) is 0.227. The van der Waals surface area contributed by atoms with Crippen molar-refractivity contribution in [2.24, 2.45) is 0 Å². The van der Waals surface area contributed by atoms with E-state index in [1.54, 1.807) is 15.5 Å². The molecule has 1 aromatic carbocycles. The van der Waals surface area contributed by atoms with Gasteiger partial charge in [-0.15, -0.1) is 0 Å². The Balaban J connectivity index is 1.57. The molecular formula is C26H29ClFN3O5. The Labute approximate surface area is 213 Å². The first-order valence-electron chi connectivity index (χ1n) is 12.5. The van der Waals surface area contributed by atoms with Gasteiger partial charge in [0, 0.05) is 31.0 Å². The molecule has 0 bridgehead atoms. The number of unbranched alkanes of at least 4 members (excludes halogenated alkanes) is 1. The maximum absolute atomic E-state index is 14.4. The van der Waals surface area contributed by atoms with Crippen LogP contribution in [0.25, 0.3) is 0 Å². The minimum atomic E-state index is -0.637. The number of amides is 2. The second kappa shape index (κ2) is 10.2. The highest BCUT2D eigenvalue weighted by molar-refractivity contribution is 6.30. The van der Waals surface area contributed by atoms with Crippen LogP contribution in [0.2, 0.25) is 5.02 Å². The van der Waals surface area contributed by atoms with Crippen LogP contribution in [0.3, 0.4) is 0 Å². The molecule has 8 nitrogen and oxygen atoms in total. The number of nitrogens with zero attached hydrogens (tertiary/aromatic N) is 2. The normalized spacial score (nSPS) is 20.5. The Morgan fingerprint density at radius 2 is 2.14 bits per heavy atom. The fraction of sp³-hybridized carbons (Fsp3) is 0.500. The molecule has 2 aromatic rings. The first kappa shape index (κ1) is 24.8. The quantitative estimate of drug-likeness (QED) is 0.564. The number of benzene rings is 1. The molecule has 3 aliphatic rings. The number of rotatable bonds is 7. The molecule has 2 amide bonds. The minimum absolute atomic E-state index is 0.0462. The molecule has 2 unspecified atom stereocenters. The monoisotopic (exact) mass is 517 g/mol. The maximum Gasteiger partial charge on any atom is 0.276 e. The fourth-order valence-corrected chi connectivity index (χ4v) is 5.52. The number of hydrogen-bond donors (Lipinski definition) is 1. The highest BCUT2D eigenvalue weighted by Crippen LogP contribution is 2.41. The Morgan fingerprint density at radius 1 is 1.31 bits per heavy atom. The van der Waals surface area contributed by atoms with Crippen molar-refractivity contribution >= 4 is 23.4 Å². The van der Waals surface area contributed by atoms with E-state index in [0.717, 1.165) is 19.3 Å². The number of nitrogens with one attached hydrogen (secondary N) is 1. The van der Waals surface area contributed by atoms with Gasteiger partial charge in [0.05, 0.1) is 17.7 Å². The van der Waals surface area contributed by atoms with Crippen molar-refractivity contribution in [1.82, 2.24) is 14.8 Å². The summed E-state index contributed by atoms with van der Waals surface area (Å²) in [6, 6.07) is 4.33. The molecule has 3 aliphatic heterocycles. The van der Waals surface area contributed by atoms with Gasteiger partial charge in [0.2, 0.25) is 5.43 Å². The highest BCUT2D eigenvalue weighted by Gasteiger charge is 2.48. The lowest BCUT2D eigenvalue weighted by atomic mass is 10.1. The van der Waals surface area contributed by atoms with Crippen LogP contribution in [-0.4, -0.2) is 47.3 Å². The summed E-state index contributed by atoms with van der Waals surface area (Å²) in [4.78, 5) is 42.4. The molecule has 0 radical (unpaired) electrons. The van der Waals surface area contributed by atoms with Crippen molar-refractivity contribution in [1.29, 1.82) is 0 Å². The second-order valence-electron chi connectivity index (χ2n) is 9.37. The molecule has 10 heteroatoms. The van der Waals surface area contributed by atoms with Crippen LogP contribution in [0.4, 0.5) is 4.39 Å². The summed E-state index contributed by atoms with van der Waals surface area (Å²) >= 11 is 5.86. The maximum atomic E-state index is 14.4. The zero-order valence-corrected chi connectivity index (χ0v) is 20.9. The van der Waals surface area contributed by atoms with E-state index >= 15 is 0 Å². The third kappa shape index (κ3) is 4.18. The lowest BCUT2D eigenvalue weighted by molar-refractivity contribution is -0.0685. The third-order valence-electron chi connectivity index (χ3n) is 7.10. The molecule has 1 aromatic heterocycles. The molecule has 0 spiro atoms. The van der Waals surface area contributed by atoms with E-state index in [-0.39, 0.29) is 52.7 Å². The van der Waals surface area contributed by atoms with Crippen LogP contribution >= 0.6 is 11.6 Å². The number of hydrogen-bond acceptors (Lipinski definition) is 5. The van der Waals surface area contributed by atoms with E-state index in [1.165, 1.54) is 12.1 Å². The van der Waals surface area contributed by atoms with E-state index < -0.39 is 23.4 Å². The largest absolute Gasteiger partial charge is 0.487 e. The van der Waals surface area contributed by atoms with Crippen molar-refractivity contribution in [3.63, 3.8) is 0 Å². The molecule has 1 saturated heterocycles. The van der Waals surface area contributed by atoms with Gasteiger partial charge < -0.3 is 24.3 Å². The molecule has 0 saturated carbocycles. The molecule has 192 valence electrons. The minimum Gasteiger partial charge on any atom is -0.487 e. The number of pyridine rings is 1. The van der Waals surface area contributed by atoms with E-state index in [2.05, 4.69) is 5.32 Å². The van der Waals surface area contributed by atoms with E-state index in [9.17, 15) is 18.8 Å². The van der Waals surface area contributed by atoms with Crippen LogP contribution in [0.15, 0.2) is 23.0 Å². The summed E-state index contributed by atoms with van der Waals surface area (Å²) < 4.78 is 28.1. The molecule has 1 N–H and O–H groups in total. The summed E-state index contributed by atoms with van der Waals surface area (Å²) in [6.07, 6.45) is 3.83. The molecule has 0 aliphatic carbocycles. The number of fused-ring (bicyclic) bond motifs is 2. The predicted molar refractivity (Wildman–Crippen MR) is 131 cm³/mol. The number of carbonyl (C=O) groups is 2. The Bertz CT molecular complexity index is 1260. The molecule has 1 fully saturated rings. The lowest BCUT2D eigenvalue weighted by Gasteiger charge is -2.40. The first-order chi connectivity index (χ1) is 17.4. The molecular weight excluding hydrogens is 489 g/mol. The average Bonchev–Trinajstić information content (AvgIpc) is 3.13. The van der Waals surface area contributed by atoms with Gasteiger partial charge >= 0.3 is 0 Å². The zero-order valence-electron chi connectivity index (χ0n) is 20.1. The van der Waals surface area contributed by atoms with E-state index in [1.807, 2.05) is 6.92 Å². The summed E-state index contributed by atoms with van der Waals surface area (Å²) in [7, 11) is 0. The van der Waals surface area contributed by atoms with Gasteiger partial charge in [0.25, 0.3) is 11.8 Å². The van der Waals surface area contributed by atoms with Crippen LogP contribution in [0, 0.1) is 5.82 Å². The third-order valence-corrected chi connectivity index (χ3v) is 7.39. The molecule has 36 heavy (non-hydrogen) atoms. The smallest absolute Gasteiger partial charge is 0.276 e. The molecule has 2 atom stereocenters. The van der Waals surface area contributed by atoms with Crippen LogP contribution in [0.1, 0.15) is 77.2 Å². The van der Waals surface area contributed by atoms with Crippen molar-refractivity contribution in [2.45, 2.75) is 64.3 Å². The summed E-state index contributed by atoms with van der Waals surface area (Å²) in [5.74, 6) is -1.66. The van der Waals surface area contributed by atoms with Crippen LogP contribution in [-0.2, 0) is 17.7 Å². The first-order valence-corrected chi connectivity index (χ1v) is 12.9. The van der Waals surface area contributed by atoms with Gasteiger partial charge in [-0.05, 0) is 38.2 Å². The van der Waals surface area contributed by atoms with E-state index in [4.69, 9.17) is 21.1 Å². The van der Waals surface area contributed by atoms with Gasteiger partial charge in [-0.2, -0.15) is 0 Å². The van der Waals surface area contributed by atoms with E-state index in [0.29, 0.717) is 38.1 Å². The van der Waals surface area contributed by atoms with Crippen molar-refractivity contribution < 1.29 is 23.5 Å². The van der Waals surface area contributed by atoms with Crippen LogP contribution in [0.5, 0.6) is 5.75 Å². The summed E-state index contributed by atoms with van der Waals surface area (Å²) in [6.45, 7) is 3.21. The van der Waals surface area contributed by atoms with Gasteiger partial charge in [-0.1, -0.05) is 37.1 Å². The van der Waals surface area contributed by atoms with Crippen molar-refractivity contribution in [3.05, 3.63) is 61.8 Å². The van der Waals surface area contributed by atoms with Crippen molar-refractivity contribution in [3.8, 4) is 5.75 Å². The SMILES string of the molecule is CCCCOc1c2n3c(c(C(=O)NCc4cccc(Cl)c4F)c1=O)CCC3C1OCCCCN1C2=O. The molecule has 5 rings (SSSR count). The second-order valence-corrected chi connectivity index (χ2v) is 9.78. The number of halogens is 2. The van der Waals surface area contributed by atoms with Gasteiger partial charge in [-0.3, -0.25) is 14.4 Å². The number of carbonyl (C=O) groups excluding carboxylic acids is 2. The lowest BCUT2D eigenvalue weighted by Crippen LogP contribution is -2.52. The predicted octanol–water partition coefficient (Wildman–Crippen LogP) is 3.83. The van der Waals surface area contributed by atoms with Gasteiger partial charge in [0.15, 0.2) is 17.7 Å². The molecule has 4 heterocycles. The standard InChI is InChI=1S/C26H29ClFN3O5/c1-2-3-12-35-23-21-25(34)30-11-4-5-13-36-26(30)18-10-9-17(31(18)21)19(22(23)32)24(33)29-14-15-7-6-8-16(27)20(15)28/h6-8,18,26H,2-5,9-14H2,1H3,(H,29,33). The number of ether oxygens (including phenoxy) is 2. The van der Waals surface area contributed by atoms with Crippen molar-refractivity contribution in [2.75, 3.05) is 19.8 Å². The summed E-state index contributed by atoms with van der Waals surface area (Å²) in [5, 5.41) is 2.62. The topological polar surface area (TPSA) is 89.9 Å². The van der Waals surface area contributed by atoms with Crippen LogP contribution < -0.4 is 15.5 Å². The van der Waals surface area contributed by atoms with Gasteiger partial charge in [-0.25, -0.2) is 4.39 Å². The fourth-order valence-electron chi connectivity index (χ4n) is 5.33. The average molecular weight is 518 g/mol. The Morgan fingerprint density at radius 3 is 2.94 bits per heavy atom. The number of aromatic nitrogens is 1.